The van der Waals surface area contributed by atoms with E-state index in [9.17, 15) is 14.0 Å². The zero-order chi connectivity index (χ0) is 22.3. The van der Waals surface area contributed by atoms with Crippen LogP contribution in [0.25, 0.3) is 0 Å². The number of hydrogen-bond acceptors (Lipinski definition) is 3. The number of thioether (sulfide) groups is 1. The normalized spacial score (nSPS) is 12.1. The monoisotopic (exact) mass is 436 g/mol. The Morgan fingerprint density at radius 3 is 1.94 bits per heavy atom. The quantitative estimate of drug-likeness (QED) is 0.524. The lowest BCUT2D eigenvalue weighted by atomic mass is 9.84. The minimum Gasteiger partial charge on any atom is -0.342 e. The average Bonchev–Trinajstić information content (AvgIpc) is 2.80. The second kappa shape index (κ2) is 10.3. The second-order valence-corrected chi connectivity index (χ2v) is 8.68. The maximum Gasteiger partial charge on any atom is 0.234 e. The first-order valence-electron chi connectivity index (χ1n) is 9.98. The summed E-state index contributed by atoms with van der Waals surface area (Å²) in [7, 11) is 0. The van der Waals surface area contributed by atoms with Crippen molar-refractivity contribution in [3.8, 4) is 0 Å². The summed E-state index contributed by atoms with van der Waals surface area (Å²) in [6.07, 6.45) is 0. The van der Waals surface area contributed by atoms with Crippen molar-refractivity contribution >= 4 is 29.3 Å². The van der Waals surface area contributed by atoms with Gasteiger partial charge in [-0.2, -0.15) is 0 Å². The number of anilines is 1. The topological polar surface area (TPSA) is 58.2 Å². The molecule has 0 saturated heterocycles. The first kappa shape index (κ1) is 22.6. The van der Waals surface area contributed by atoms with Crippen LogP contribution >= 0.6 is 11.8 Å². The predicted molar refractivity (Wildman–Crippen MR) is 124 cm³/mol. The highest BCUT2D eigenvalue weighted by molar-refractivity contribution is 8.01. The van der Waals surface area contributed by atoms with E-state index in [2.05, 4.69) is 10.6 Å². The summed E-state index contributed by atoms with van der Waals surface area (Å²) in [5, 5.41) is 5.44. The van der Waals surface area contributed by atoms with Crippen LogP contribution in [0.1, 0.15) is 25.0 Å². The molecule has 1 atom stereocenters. The molecule has 2 N–H and O–H groups in total. The summed E-state index contributed by atoms with van der Waals surface area (Å²) in [6.45, 7) is 3.76. The Kier molecular flexibility index (Phi) is 7.47. The van der Waals surface area contributed by atoms with Gasteiger partial charge in [-0.05, 0) is 49.2 Å². The number of nitrogens with one attached hydrogen (secondary N) is 2. The van der Waals surface area contributed by atoms with Crippen LogP contribution < -0.4 is 10.6 Å². The maximum atomic E-state index is 13.0. The molecule has 6 heteroatoms. The predicted octanol–water partition coefficient (Wildman–Crippen LogP) is 4.97. The van der Waals surface area contributed by atoms with E-state index in [0.717, 1.165) is 11.1 Å². The molecule has 0 fully saturated rings. The lowest BCUT2D eigenvalue weighted by Crippen LogP contribution is -2.47. The van der Waals surface area contributed by atoms with Gasteiger partial charge in [0.25, 0.3) is 0 Å². The van der Waals surface area contributed by atoms with Gasteiger partial charge in [-0.25, -0.2) is 4.39 Å². The summed E-state index contributed by atoms with van der Waals surface area (Å²) in [4.78, 5) is 25.2. The third-order valence-electron chi connectivity index (χ3n) is 5.04. The molecule has 0 aliphatic carbocycles. The standard InChI is InChI=1S/C25H25FN2O2S/c1-18(31-17-23(29)27-22-15-13-21(26)14-16-22)24(30)28-25(2,19-9-5-3-6-10-19)20-11-7-4-8-12-20/h3-16,18H,17H2,1-2H3,(H,27,29)(H,28,30). The third-order valence-corrected chi connectivity index (χ3v) is 6.18. The number of amides is 2. The van der Waals surface area contributed by atoms with E-state index in [4.69, 9.17) is 0 Å². The van der Waals surface area contributed by atoms with Crippen LogP contribution in [0.3, 0.4) is 0 Å². The molecule has 4 nitrogen and oxygen atoms in total. The largest absolute Gasteiger partial charge is 0.342 e. The fraction of sp³-hybridized carbons (Fsp3) is 0.200. The van der Waals surface area contributed by atoms with Gasteiger partial charge < -0.3 is 10.6 Å². The maximum absolute atomic E-state index is 13.0. The highest BCUT2D eigenvalue weighted by atomic mass is 32.2. The molecule has 31 heavy (non-hydrogen) atoms. The van der Waals surface area contributed by atoms with E-state index in [-0.39, 0.29) is 23.4 Å². The zero-order valence-corrected chi connectivity index (χ0v) is 18.3. The van der Waals surface area contributed by atoms with E-state index in [1.165, 1.54) is 36.0 Å². The molecular weight excluding hydrogens is 411 g/mol. The zero-order valence-electron chi connectivity index (χ0n) is 17.5. The number of halogens is 1. The highest BCUT2D eigenvalue weighted by Crippen LogP contribution is 2.30. The van der Waals surface area contributed by atoms with Crippen LogP contribution in [0.2, 0.25) is 0 Å². The Hall–Kier alpha value is -3.12. The Bertz CT molecular complexity index is 971. The van der Waals surface area contributed by atoms with Crippen molar-refractivity contribution in [3.63, 3.8) is 0 Å². The fourth-order valence-corrected chi connectivity index (χ4v) is 3.89. The van der Waals surface area contributed by atoms with Crippen LogP contribution in [0.15, 0.2) is 84.9 Å². The molecule has 0 aromatic heterocycles. The number of rotatable bonds is 8. The van der Waals surface area contributed by atoms with Crippen LogP contribution in [-0.4, -0.2) is 22.8 Å². The van der Waals surface area contributed by atoms with E-state index < -0.39 is 10.8 Å². The number of benzene rings is 3. The van der Waals surface area contributed by atoms with Gasteiger partial charge >= 0.3 is 0 Å². The average molecular weight is 437 g/mol. The van der Waals surface area contributed by atoms with Crippen molar-refractivity contribution in [2.24, 2.45) is 0 Å². The van der Waals surface area contributed by atoms with Gasteiger partial charge in [-0.3, -0.25) is 9.59 Å². The Morgan fingerprint density at radius 2 is 1.42 bits per heavy atom. The Balaban J connectivity index is 1.64. The molecule has 1 unspecified atom stereocenters. The molecule has 0 aliphatic rings. The van der Waals surface area contributed by atoms with Gasteiger partial charge in [-0.15, -0.1) is 11.8 Å². The molecule has 0 spiro atoms. The summed E-state index contributed by atoms with van der Waals surface area (Å²) >= 11 is 1.25. The second-order valence-electron chi connectivity index (χ2n) is 7.35. The van der Waals surface area contributed by atoms with E-state index in [1.54, 1.807) is 6.92 Å². The number of hydrogen-bond donors (Lipinski definition) is 2. The molecule has 0 saturated carbocycles. The van der Waals surface area contributed by atoms with Crippen LogP contribution in [0.5, 0.6) is 0 Å². The highest BCUT2D eigenvalue weighted by Gasteiger charge is 2.32. The van der Waals surface area contributed by atoms with Crippen molar-refractivity contribution in [1.82, 2.24) is 5.32 Å². The smallest absolute Gasteiger partial charge is 0.234 e. The molecule has 160 valence electrons. The minimum absolute atomic E-state index is 0.110. The van der Waals surface area contributed by atoms with Crippen molar-refractivity contribution in [3.05, 3.63) is 102 Å². The number of carbonyl (C=O) groups is 2. The molecule has 3 rings (SSSR count). The van der Waals surface area contributed by atoms with Gasteiger partial charge in [0.05, 0.1) is 16.5 Å². The Labute approximate surface area is 186 Å². The van der Waals surface area contributed by atoms with Gasteiger partial charge in [0.1, 0.15) is 5.82 Å². The number of carbonyl (C=O) groups excluding carboxylic acids is 2. The van der Waals surface area contributed by atoms with Gasteiger partial charge in [0.15, 0.2) is 0 Å². The van der Waals surface area contributed by atoms with Crippen molar-refractivity contribution in [1.29, 1.82) is 0 Å². The third kappa shape index (κ3) is 5.95. The first-order chi connectivity index (χ1) is 14.9. The van der Waals surface area contributed by atoms with Crippen LogP contribution in [0.4, 0.5) is 10.1 Å². The summed E-state index contributed by atoms with van der Waals surface area (Å²) < 4.78 is 13.0. The molecule has 3 aromatic rings. The fourth-order valence-electron chi connectivity index (χ4n) is 3.21. The molecule has 2 amide bonds. The summed E-state index contributed by atoms with van der Waals surface area (Å²) in [5.74, 6) is -0.656. The first-order valence-corrected chi connectivity index (χ1v) is 11.0. The van der Waals surface area contributed by atoms with Crippen LogP contribution in [-0.2, 0) is 15.1 Å². The van der Waals surface area contributed by atoms with Gasteiger partial charge in [0.2, 0.25) is 11.8 Å². The van der Waals surface area contributed by atoms with Gasteiger partial charge in [-0.1, -0.05) is 60.7 Å². The molecule has 0 heterocycles. The molecular formula is C25H25FN2O2S. The van der Waals surface area contributed by atoms with Crippen molar-refractivity contribution < 1.29 is 14.0 Å². The summed E-state index contributed by atoms with van der Waals surface area (Å²) in [5.41, 5.74) is 1.76. The SMILES string of the molecule is CC(SCC(=O)Nc1ccc(F)cc1)C(=O)NC(C)(c1ccccc1)c1ccccc1. The minimum atomic E-state index is -0.704. The van der Waals surface area contributed by atoms with Crippen molar-refractivity contribution in [2.75, 3.05) is 11.1 Å². The Morgan fingerprint density at radius 1 is 0.903 bits per heavy atom. The molecule has 0 bridgehead atoms. The molecule has 3 aromatic carbocycles. The lowest BCUT2D eigenvalue weighted by Gasteiger charge is -2.33. The summed E-state index contributed by atoms with van der Waals surface area (Å²) in [6, 6.07) is 25.2. The van der Waals surface area contributed by atoms with Gasteiger partial charge in [0, 0.05) is 5.69 Å². The molecule has 0 radical (unpaired) electrons. The van der Waals surface area contributed by atoms with E-state index >= 15 is 0 Å². The van der Waals surface area contributed by atoms with E-state index in [0.29, 0.717) is 5.69 Å². The van der Waals surface area contributed by atoms with Crippen molar-refractivity contribution in [2.45, 2.75) is 24.6 Å². The van der Waals surface area contributed by atoms with Crippen LogP contribution in [0, 0.1) is 5.82 Å². The lowest BCUT2D eigenvalue weighted by molar-refractivity contribution is -0.121. The van der Waals surface area contributed by atoms with E-state index in [1.807, 2.05) is 67.6 Å². The molecule has 0 aliphatic heterocycles.